The van der Waals surface area contributed by atoms with Gasteiger partial charge in [0.2, 0.25) is 0 Å². The Bertz CT molecular complexity index is 1330. The first kappa shape index (κ1) is 50.7. The van der Waals surface area contributed by atoms with Crippen molar-refractivity contribution in [1.82, 2.24) is 0 Å². The van der Waals surface area contributed by atoms with Crippen LogP contribution in [0.2, 0.25) is 118 Å². The van der Waals surface area contributed by atoms with Crippen molar-refractivity contribution >= 4 is 49.9 Å². The van der Waals surface area contributed by atoms with Crippen LogP contribution in [-0.2, 0) is 26.6 Å². The minimum atomic E-state index is -1.91. The Morgan fingerprint density at radius 3 is 1.70 bits per heavy atom. The van der Waals surface area contributed by atoms with Gasteiger partial charge in [-0.1, -0.05) is 20.8 Å². The first-order valence-electron chi connectivity index (χ1n) is 23.5. The Balaban J connectivity index is 1.71. The molecule has 0 aromatic carbocycles. The van der Waals surface area contributed by atoms with Crippen LogP contribution in [0, 0.1) is 46.3 Å². The van der Waals surface area contributed by atoms with Crippen LogP contribution < -0.4 is 0 Å². The number of fused-ring (bicyclic) bond motifs is 5. The summed E-state index contributed by atoms with van der Waals surface area (Å²) in [6.45, 7) is 53.5. The van der Waals surface area contributed by atoms with Gasteiger partial charge in [-0.2, -0.15) is 0 Å². The fraction of sp³-hybridized carbons (Fsp3) is 1.00. The summed E-state index contributed by atoms with van der Waals surface area (Å²) in [4.78, 5) is 0. The summed E-state index contributed by atoms with van der Waals surface area (Å²) in [5.41, 5.74) is -0.0317. The highest BCUT2D eigenvalue weighted by molar-refractivity contribution is 6.71. The maximum Gasteiger partial charge on any atom is 0.184 e. The van der Waals surface area contributed by atoms with Crippen LogP contribution in [0.3, 0.4) is 0 Å². The second-order valence-corrected chi connectivity index (χ2v) is 53.1. The molecule has 0 amide bonds. The average Bonchev–Trinajstić information content (AvgIpc) is 3.33. The van der Waals surface area contributed by atoms with E-state index < -0.39 is 55.5 Å². The number of hydrogen-bond acceptors (Lipinski definition) is 6. The van der Waals surface area contributed by atoms with Crippen molar-refractivity contribution in [2.75, 3.05) is 6.61 Å². The van der Waals surface area contributed by atoms with Gasteiger partial charge in [0.25, 0.3) is 0 Å². The van der Waals surface area contributed by atoms with Crippen LogP contribution in [0.25, 0.3) is 0 Å². The van der Waals surface area contributed by atoms with Gasteiger partial charge in [0, 0.05) is 12.2 Å². The molecule has 0 saturated heterocycles. The van der Waals surface area contributed by atoms with E-state index in [1.807, 2.05) is 0 Å². The molecule has 0 N–H and O–H groups in total. The zero-order chi connectivity index (χ0) is 43.6. The van der Waals surface area contributed by atoms with Gasteiger partial charge >= 0.3 is 0 Å². The molecule has 12 heteroatoms. The molecular weight excluding hydrogens is 805 g/mol. The molecule has 0 bridgehead atoms. The van der Waals surface area contributed by atoms with Crippen LogP contribution in [0.4, 0.5) is 0 Å². The van der Waals surface area contributed by atoms with Crippen LogP contribution >= 0.6 is 0 Å². The minimum absolute atomic E-state index is 0.00859. The third kappa shape index (κ3) is 13.3. The predicted octanol–water partition coefficient (Wildman–Crippen LogP) is 13.6. The van der Waals surface area contributed by atoms with E-state index in [2.05, 4.69) is 146 Å². The lowest BCUT2D eigenvalue weighted by atomic mass is 9.43. The third-order valence-electron chi connectivity index (χ3n) is 14.4. The molecule has 4 fully saturated rings. The Kier molecular flexibility index (Phi) is 15.6. The largest absolute Gasteiger partial charge is 0.415 e. The Morgan fingerprint density at radius 1 is 0.614 bits per heavy atom. The lowest BCUT2D eigenvalue weighted by Gasteiger charge is -2.66. The molecular formula is C45H96O6Si6. The molecule has 13 unspecified atom stereocenters. The summed E-state index contributed by atoms with van der Waals surface area (Å²) < 4.78 is 43.0. The van der Waals surface area contributed by atoms with Gasteiger partial charge in [-0.25, -0.2) is 0 Å². The predicted molar refractivity (Wildman–Crippen MR) is 259 cm³/mol. The zero-order valence-corrected chi connectivity index (χ0v) is 47.8. The van der Waals surface area contributed by atoms with Crippen LogP contribution in [0.15, 0.2) is 0 Å². The van der Waals surface area contributed by atoms with Gasteiger partial charge in [0.15, 0.2) is 49.9 Å². The van der Waals surface area contributed by atoms with Gasteiger partial charge < -0.3 is 26.6 Å². The van der Waals surface area contributed by atoms with E-state index in [-0.39, 0.29) is 11.5 Å². The lowest BCUT2D eigenvalue weighted by molar-refractivity contribution is -0.199. The summed E-state index contributed by atoms with van der Waals surface area (Å²) in [7, 11) is -10.8. The maximum absolute atomic E-state index is 7.58. The molecule has 0 radical (unpaired) electrons. The highest BCUT2D eigenvalue weighted by Gasteiger charge is 2.67. The topological polar surface area (TPSA) is 55.4 Å². The molecule has 57 heavy (non-hydrogen) atoms. The number of rotatable bonds is 18. The van der Waals surface area contributed by atoms with Crippen LogP contribution in [0.1, 0.15) is 85.5 Å². The smallest absolute Gasteiger partial charge is 0.184 e. The Labute approximate surface area is 360 Å². The van der Waals surface area contributed by atoms with Crippen molar-refractivity contribution < 1.29 is 26.6 Å². The quantitative estimate of drug-likeness (QED) is 0.128. The molecule has 13 atom stereocenters. The van der Waals surface area contributed by atoms with Gasteiger partial charge in [-0.05, 0) is 229 Å². The third-order valence-corrected chi connectivity index (χ3v) is 20.5. The van der Waals surface area contributed by atoms with E-state index in [1.165, 1.54) is 44.9 Å². The standard InChI is InChI=1S/C45H96O6Si6/c1-33(23-26-40(49-55(14,15)16)44(3,51-57(20,21)22)32-46-52(5,6)7)36-24-25-37-42-38(31-41(45(36,37)4)50-56(17,18)19)43(2)28-27-35(47-53(8,9)10)29-34(43)30-39(42)48-54(11,12)13/h33-42H,23-32H2,1-22H3. The second kappa shape index (κ2) is 17.6. The van der Waals surface area contributed by atoms with E-state index in [4.69, 9.17) is 26.6 Å². The van der Waals surface area contributed by atoms with Crippen molar-refractivity contribution in [1.29, 1.82) is 0 Å². The van der Waals surface area contributed by atoms with E-state index in [0.29, 0.717) is 65.8 Å². The first-order valence-corrected chi connectivity index (χ1v) is 44.0. The van der Waals surface area contributed by atoms with Gasteiger partial charge in [0.1, 0.15) is 5.60 Å². The summed E-state index contributed by atoms with van der Waals surface area (Å²) in [6, 6.07) is 0. The van der Waals surface area contributed by atoms with Crippen molar-refractivity contribution in [2.24, 2.45) is 46.3 Å². The molecule has 4 aliphatic rings. The molecule has 0 spiro atoms. The van der Waals surface area contributed by atoms with Crippen molar-refractivity contribution in [3.63, 3.8) is 0 Å². The van der Waals surface area contributed by atoms with Gasteiger partial charge in [0.05, 0.1) is 18.8 Å². The normalized spacial score (nSPS) is 36.5. The minimum Gasteiger partial charge on any atom is -0.415 e. The average molecular weight is 902 g/mol. The highest BCUT2D eigenvalue weighted by atomic mass is 28.4. The molecule has 6 nitrogen and oxygen atoms in total. The summed E-state index contributed by atoms with van der Waals surface area (Å²) in [6.07, 6.45) is 11.9. The monoisotopic (exact) mass is 901 g/mol. The Morgan fingerprint density at radius 2 is 1.19 bits per heavy atom. The van der Waals surface area contributed by atoms with E-state index in [0.717, 1.165) is 12.8 Å². The molecule has 0 heterocycles. The molecule has 336 valence electrons. The Hall–Kier alpha value is 1.06. The van der Waals surface area contributed by atoms with Gasteiger partial charge in [-0.15, -0.1) is 0 Å². The van der Waals surface area contributed by atoms with Crippen molar-refractivity contribution in [3.8, 4) is 0 Å². The first-order chi connectivity index (χ1) is 25.4. The number of hydrogen-bond donors (Lipinski definition) is 0. The highest BCUT2D eigenvalue weighted by Crippen LogP contribution is 2.70. The summed E-state index contributed by atoms with van der Waals surface area (Å²) >= 11 is 0. The van der Waals surface area contributed by atoms with Crippen LogP contribution in [0.5, 0.6) is 0 Å². The van der Waals surface area contributed by atoms with E-state index >= 15 is 0 Å². The molecule has 0 aliphatic heterocycles. The second-order valence-electron chi connectivity index (χ2n) is 26.3. The maximum atomic E-state index is 7.58. The van der Waals surface area contributed by atoms with Crippen molar-refractivity contribution in [2.45, 2.75) is 233 Å². The van der Waals surface area contributed by atoms with E-state index in [1.54, 1.807) is 0 Å². The zero-order valence-electron chi connectivity index (χ0n) is 41.8. The lowest BCUT2D eigenvalue weighted by Crippen LogP contribution is -2.64. The SMILES string of the molecule is CC(CCC(O[Si](C)(C)C)C(C)(CO[Si](C)(C)C)O[Si](C)(C)C)C1CCC2C3C(O[Si](C)(C)C)CC4CC(O[Si](C)(C)C)CCC4(C)C3CC(O[Si](C)(C)C)C12C. The van der Waals surface area contributed by atoms with Gasteiger partial charge in [-0.3, -0.25) is 0 Å². The molecule has 4 aliphatic carbocycles. The molecule has 4 saturated carbocycles. The summed E-state index contributed by atoms with van der Waals surface area (Å²) in [5.74, 6) is 3.69. The molecule has 0 aromatic rings. The van der Waals surface area contributed by atoms with E-state index in [9.17, 15) is 0 Å². The molecule has 4 rings (SSSR count). The summed E-state index contributed by atoms with van der Waals surface area (Å²) in [5, 5.41) is 0. The fourth-order valence-corrected chi connectivity index (χ4v) is 19.7. The fourth-order valence-electron chi connectivity index (χ4n) is 12.6. The van der Waals surface area contributed by atoms with Crippen molar-refractivity contribution in [3.05, 3.63) is 0 Å². The van der Waals surface area contributed by atoms with Crippen LogP contribution in [-0.4, -0.2) is 86.5 Å². The molecule has 0 aromatic heterocycles.